The molecule has 0 saturated carbocycles. The van der Waals surface area contributed by atoms with Crippen LogP contribution in [0.25, 0.3) is 0 Å². The molecule has 0 aliphatic heterocycles. The molecule has 2 atom stereocenters. The molecule has 1 amide bonds. The van der Waals surface area contributed by atoms with Crippen LogP contribution in [0, 0.1) is 0 Å². The summed E-state index contributed by atoms with van der Waals surface area (Å²) < 4.78 is 0. The molecule has 0 aromatic heterocycles. The lowest BCUT2D eigenvalue weighted by Crippen LogP contribution is -2.39. The van der Waals surface area contributed by atoms with Crippen molar-refractivity contribution in [2.45, 2.75) is 19.1 Å². The van der Waals surface area contributed by atoms with E-state index in [1.165, 1.54) is 10.6 Å². The van der Waals surface area contributed by atoms with Gasteiger partial charge in [-0.25, -0.2) is 0 Å². The van der Waals surface area contributed by atoms with Crippen molar-refractivity contribution in [2.75, 3.05) is 0 Å². The monoisotopic (exact) mass is 439 g/mol. The highest BCUT2D eigenvalue weighted by Crippen LogP contribution is 2.34. The molecule has 0 bridgehead atoms. The van der Waals surface area contributed by atoms with Gasteiger partial charge in [0.2, 0.25) is 0 Å². The Morgan fingerprint density at radius 1 is 0.719 bits per heavy atom. The summed E-state index contributed by atoms with van der Waals surface area (Å²) in [6, 6.07) is 37.4. The molecule has 0 heterocycles. The molecular weight excluding hydrogens is 413 g/mol. The number of carbonyl (C=O) groups excluding carboxylic acids is 1. The van der Waals surface area contributed by atoms with Crippen LogP contribution in [0.5, 0.6) is 0 Å². The SMILES string of the molecule is C[C@@H](NC(=O)c1ccccc1P(c1ccccc1)c1ccccc1)[C@@H](O)c1ccccc1. The molecule has 0 radical (unpaired) electrons. The van der Waals surface area contributed by atoms with Crippen LogP contribution in [0.4, 0.5) is 0 Å². The third-order valence-corrected chi connectivity index (χ3v) is 7.89. The Morgan fingerprint density at radius 2 is 1.19 bits per heavy atom. The molecule has 32 heavy (non-hydrogen) atoms. The first kappa shape index (κ1) is 22.0. The second-order valence-corrected chi connectivity index (χ2v) is 9.83. The van der Waals surface area contributed by atoms with Crippen LogP contribution in [0.1, 0.15) is 28.9 Å². The molecule has 4 aromatic carbocycles. The van der Waals surface area contributed by atoms with Crippen LogP contribution in [-0.4, -0.2) is 17.1 Å². The topological polar surface area (TPSA) is 49.3 Å². The summed E-state index contributed by atoms with van der Waals surface area (Å²) in [4.78, 5) is 13.4. The highest BCUT2D eigenvalue weighted by Gasteiger charge is 2.24. The first-order valence-corrected chi connectivity index (χ1v) is 12.0. The first-order chi connectivity index (χ1) is 15.6. The van der Waals surface area contributed by atoms with Crippen LogP contribution in [-0.2, 0) is 0 Å². The van der Waals surface area contributed by atoms with Crippen LogP contribution in [0.2, 0.25) is 0 Å². The first-order valence-electron chi connectivity index (χ1n) is 10.7. The Hall–Kier alpha value is -3.26. The van der Waals surface area contributed by atoms with E-state index in [0.717, 1.165) is 10.9 Å². The van der Waals surface area contributed by atoms with Crippen molar-refractivity contribution in [3.05, 3.63) is 126 Å². The average Bonchev–Trinajstić information content (AvgIpc) is 2.86. The van der Waals surface area contributed by atoms with Gasteiger partial charge in [-0.1, -0.05) is 109 Å². The maximum absolute atomic E-state index is 13.4. The minimum atomic E-state index is -0.907. The van der Waals surface area contributed by atoms with E-state index in [-0.39, 0.29) is 5.91 Å². The summed E-state index contributed by atoms with van der Waals surface area (Å²) in [5.41, 5.74) is 1.42. The van der Waals surface area contributed by atoms with Gasteiger partial charge in [-0.3, -0.25) is 4.79 Å². The second kappa shape index (κ2) is 10.4. The average molecular weight is 439 g/mol. The van der Waals surface area contributed by atoms with Gasteiger partial charge >= 0.3 is 0 Å². The second-order valence-electron chi connectivity index (χ2n) is 7.64. The summed E-state index contributed by atoms with van der Waals surface area (Å²) in [5, 5.41) is 17.1. The van der Waals surface area contributed by atoms with E-state index in [9.17, 15) is 9.90 Å². The number of hydrogen-bond donors (Lipinski definition) is 2. The summed E-state index contributed by atoms with van der Waals surface area (Å²) >= 11 is 0. The molecule has 0 fully saturated rings. The van der Waals surface area contributed by atoms with Crippen molar-refractivity contribution in [3.63, 3.8) is 0 Å². The van der Waals surface area contributed by atoms with E-state index in [1.807, 2.05) is 97.9 Å². The number of amides is 1. The van der Waals surface area contributed by atoms with Crippen LogP contribution >= 0.6 is 7.92 Å². The summed E-state index contributed by atoms with van der Waals surface area (Å²) in [6.07, 6.45) is -0.780. The molecular formula is C28H26NO2P. The smallest absolute Gasteiger partial charge is 0.252 e. The largest absolute Gasteiger partial charge is 0.386 e. The summed E-state index contributed by atoms with van der Waals surface area (Å²) in [6.45, 7) is 1.83. The Labute approximate surface area is 190 Å². The predicted octanol–water partition coefficient (Wildman–Crippen LogP) is 4.30. The van der Waals surface area contributed by atoms with Crippen molar-refractivity contribution in [2.24, 2.45) is 0 Å². The van der Waals surface area contributed by atoms with E-state index in [4.69, 9.17) is 0 Å². The molecule has 0 aliphatic rings. The fourth-order valence-corrected chi connectivity index (χ4v) is 6.19. The Balaban J connectivity index is 1.67. The van der Waals surface area contributed by atoms with Gasteiger partial charge in [0, 0.05) is 5.56 Å². The van der Waals surface area contributed by atoms with Gasteiger partial charge in [-0.15, -0.1) is 0 Å². The lowest BCUT2D eigenvalue weighted by atomic mass is 10.0. The molecule has 2 N–H and O–H groups in total. The summed E-state index contributed by atoms with van der Waals surface area (Å²) in [5.74, 6) is -0.178. The fraction of sp³-hybridized carbons (Fsp3) is 0.107. The van der Waals surface area contributed by atoms with Gasteiger partial charge in [0.05, 0.1) is 12.1 Å². The van der Waals surface area contributed by atoms with E-state index in [0.29, 0.717) is 5.56 Å². The normalized spacial score (nSPS) is 12.8. The number of rotatable bonds is 7. The highest BCUT2D eigenvalue weighted by molar-refractivity contribution is 7.80. The molecule has 0 saturated heterocycles. The van der Waals surface area contributed by atoms with Gasteiger partial charge in [0.25, 0.3) is 5.91 Å². The lowest BCUT2D eigenvalue weighted by Gasteiger charge is -2.24. The van der Waals surface area contributed by atoms with Gasteiger partial charge in [-0.2, -0.15) is 0 Å². The van der Waals surface area contributed by atoms with Crippen molar-refractivity contribution in [3.8, 4) is 0 Å². The fourth-order valence-electron chi connectivity index (χ4n) is 3.74. The van der Waals surface area contributed by atoms with Crippen molar-refractivity contribution in [1.29, 1.82) is 0 Å². The van der Waals surface area contributed by atoms with Crippen LogP contribution in [0.15, 0.2) is 115 Å². The third kappa shape index (κ3) is 4.96. The molecule has 0 aliphatic carbocycles. The van der Waals surface area contributed by atoms with Crippen LogP contribution in [0.3, 0.4) is 0 Å². The molecule has 0 spiro atoms. The summed E-state index contributed by atoms with van der Waals surface area (Å²) in [7, 11) is -0.907. The van der Waals surface area contributed by atoms with E-state index in [2.05, 4.69) is 29.6 Å². The minimum absolute atomic E-state index is 0.178. The number of benzene rings is 4. The highest BCUT2D eigenvalue weighted by atomic mass is 31.1. The van der Waals surface area contributed by atoms with E-state index < -0.39 is 20.1 Å². The van der Waals surface area contributed by atoms with Gasteiger partial charge < -0.3 is 10.4 Å². The molecule has 0 unspecified atom stereocenters. The number of carbonyl (C=O) groups is 1. The van der Waals surface area contributed by atoms with Crippen molar-refractivity contribution < 1.29 is 9.90 Å². The zero-order valence-corrected chi connectivity index (χ0v) is 18.8. The van der Waals surface area contributed by atoms with Gasteiger partial charge in [0.1, 0.15) is 0 Å². The predicted molar refractivity (Wildman–Crippen MR) is 133 cm³/mol. The molecule has 4 rings (SSSR count). The Morgan fingerprint density at radius 3 is 1.75 bits per heavy atom. The van der Waals surface area contributed by atoms with Crippen molar-refractivity contribution in [1.82, 2.24) is 5.32 Å². The third-order valence-electron chi connectivity index (χ3n) is 5.39. The molecule has 3 nitrogen and oxygen atoms in total. The molecule has 160 valence electrons. The molecule has 4 aromatic rings. The number of aliphatic hydroxyl groups is 1. The lowest BCUT2D eigenvalue weighted by molar-refractivity contribution is 0.0853. The Bertz CT molecular complexity index is 1110. The number of nitrogens with one attached hydrogen (secondary N) is 1. The van der Waals surface area contributed by atoms with Crippen LogP contribution < -0.4 is 21.2 Å². The molecule has 4 heteroatoms. The number of hydrogen-bond acceptors (Lipinski definition) is 2. The standard InChI is InChI=1S/C28H26NO2P/c1-21(27(30)22-13-5-2-6-14-22)29-28(31)25-19-11-12-20-26(25)32(23-15-7-3-8-16-23)24-17-9-4-10-18-24/h2-21,27,30H,1H3,(H,29,31)/t21-,27-/m1/s1. The minimum Gasteiger partial charge on any atom is -0.386 e. The quantitative estimate of drug-likeness (QED) is 0.422. The van der Waals surface area contributed by atoms with E-state index in [1.54, 1.807) is 0 Å². The van der Waals surface area contributed by atoms with Gasteiger partial charge in [0.15, 0.2) is 0 Å². The maximum atomic E-state index is 13.4. The Kier molecular flexibility index (Phi) is 7.11. The van der Waals surface area contributed by atoms with Gasteiger partial charge in [-0.05, 0) is 42.4 Å². The maximum Gasteiger partial charge on any atom is 0.252 e. The zero-order valence-electron chi connectivity index (χ0n) is 17.9. The van der Waals surface area contributed by atoms with E-state index >= 15 is 0 Å². The van der Waals surface area contributed by atoms with Crippen molar-refractivity contribution >= 4 is 29.7 Å². The zero-order chi connectivity index (χ0) is 22.3. The number of aliphatic hydroxyl groups excluding tert-OH is 1.